The van der Waals surface area contributed by atoms with E-state index >= 15 is 0 Å². The number of rotatable bonds is 4. The van der Waals surface area contributed by atoms with Gasteiger partial charge < -0.3 is 19.7 Å². The van der Waals surface area contributed by atoms with Gasteiger partial charge in [-0.2, -0.15) is 0 Å². The van der Waals surface area contributed by atoms with Gasteiger partial charge in [0, 0.05) is 12.2 Å². The Morgan fingerprint density at radius 2 is 2.00 bits per heavy atom. The first-order valence-electron chi connectivity index (χ1n) is 8.34. The van der Waals surface area contributed by atoms with Crippen molar-refractivity contribution in [2.24, 2.45) is 0 Å². The van der Waals surface area contributed by atoms with Crippen LogP contribution in [0.25, 0.3) is 0 Å². The maximum Gasteiger partial charge on any atom is 0.280 e. The average molecular weight is 355 g/mol. The summed E-state index contributed by atoms with van der Waals surface area (Å²) in [5, 5.41) is 14.9. The molecule has 2 heterocycles. The second-order valence-electron chi connectivity index (χ2n) is 6.11. The molecule has 0 fully saturated rings. The monoisotopic (exact) mass is 355 g/mol. The average Bonchev–Trinajstić information content (AvgIpc) is 3.10. The minimum absolute atomic E-state index is 0.0223. The molecule has 134 valence electrons. The lowest BCUT2D eigenvalue weighted by atomic mass is 10.0. The van der Waals surface area contributed by atoms with E-state index in [-0.39, 0.29) is 18.4 Å². The molecular weight excluding hydrogens is 338 g/mol. The fourth-order valence-electron chi connectivity index (χ4n) is 3.33. The number of benzene rings is 2. The smallest absolute Gasteiger partial charge is 0.280 e. The molecule has 8 nitrogen and oxygen atoms in total. The van der Waals surface area contributed by atoms with E-state index in [2.05, 4.69) is 5.32 Å². The van der Waals surface area contributed by atoms with Crippen molar-refractivity contribution < 1.29 is 19.2 Å². The maximum absolute atomic E-state index is 13.0. The fourth-order valence-corrected chi connectivity index (χ4v) is 3.33. The van der Waals surface area contributed by atoms with E-state index in [1.807, 2.05) is 13.0 Å². The van der Waals surface area contributed by atoms with Crippen LogP contribution in [0, 0.1) is 10.1 Å². The molecule has 0 unspecified atom stereocenters. The van der Waals surface area contributed by atoms with Gasteiger partial charge in [-0.25, -0.2) is 0 Å². The number of nitrogens with zero attached hydrogens (tertiary/aromatic N) is 2. The lowest BCUT2D eigenvalue weighted by molar-refractivity contribution is -0.385. The minimum atomic E-state index is -0.660. The number of nitrogens with one attached hydrogen (secondary N) is 1. The SMILES string of the molecule is CCCN1C(=O)c2ccccc2N[C@@H]1c1cc2c(cc1[N+](=O)[O-])OCO2. The summed E-state index contributed by atoms with van der Waals surface area (Å²) in [6, 6.07) is 10.1. The summed E-state index contributed by atoms with van der Waals surface area (Å²) < 4.78 is 10.6. The summed E-state index contributed by atoms with van der Waals surface area (Å²) in [7, 11) is 0. The molecule has 4 rings (SSSR count). The van der Waals surface area contributed by atoms with Crippen LogP contribution in [0.3, 0.4) is 0 Å². The van der Waals surface area contributed by atoms with Gasteiger partial charge in [0.15, 0.2) is 11.5 Å². The van der Waals surface area contributed by atoms with Crippen LogP contribution in [0.1, 0.15) is 35.4 Å². The van der Waals surface area contributed by atoms with Gasteiger partial charge in [0.2, 0.25) is 6.79 Å². The number of ether oxygens (including phenoxy) is 2. The zero-order valence-electron chi connectivity index (χ0n) is 14.1. The summed E-state index contributed by atoms with van der Waals surface area (Å²) in [6.45, 7) is 2.45. The quantitative estimate of drug-likeness (QED) is 0.668. The number of carbonyl (C=O) groups is 1. The van der Waals surface area contributed by atoms with Crippen LogP contribution >= 0.6 is 0 Å². The molecule has 1 atom stereocenters. The van der Waals surface area contributed by atoms with Gasteiger partial charge in [0.05, 0.1) is 22.1 Å². The second-order valence-corrected chi connectivity index (χ2v) is 6.11. The molecule has 8 heteroatoms. The van der Waals surface area contributed by atoms with Crippen molar-refractivity contribution in [1.29, 1.82) is 0 Å². The Morgan fingerprint density at radius 3 is 2.73 bits per heavy atom. The van der Waals surface area contributed by atoms with Crippen LogP contribution in [0.15, 0.2) is 36.4 Å². The predicted octanol–water partition coefficient (Wildman–Crippen LogP) is 3.30. The second kappa shape index (κ2) is 6.21. The van der Waals surface area contributed by atoms with Gasteiger partial charge in [-0.1, -0.05) is 19.1 Å². The highest BCUT2D eigenvalue weighted by Gasteiger charge is 2.37. The number of anilines is 1. The normalized spacial score (nSPS) is 17.7. The fraction of sp³-hybridized carbons (Fsp3) is 0.278. The van der Waals surface area contributed by atoms with E-state index in [4.69, 9.17) is 9.47 Å². The van der Waals surface area contributed by atoms with Gasteiger partial charge >= 0.3 is 0 Å². The number of fused-ring (bicyclic) bond motifs is 2. The first kappa shape index (κ1) is 16.2. The summed E-state index contributed by atoms with van der Waals surface area (Å²) in [5.41, 5.74) is 1.47. The summed E-state index contributed by atoms with van der Waals surface area (Å²) >= 11 is 0. The van der Waals surface area contributed by atoms with Crippen molar-refractivity contribution in [2.75, 3.05) is 18.7 Å². The molecule has 2 aliphatic rings. The van der Waals surface area contributed by atoms with E-state index in [9.17, 15) is 14.9 Å². The van der Waals surface area contributed by atoms with Crippen molar-refractivity contribution in [3.05, 3.63) is 57.6 Å². The molecule has 1 N–H and O–H groups in total. The van der Waals surface area contributed by atoms with Crippen LogP contribution in [-0.4, -0.2) is 29.1 Å². The van der Waals surface area contributed by atoms with Crippen LogP contribution < -0.4 is 14.8 Å². The van der Waals surface area contributed by atoms with Gasteiger partial charge in [-0.05, 0) is 24.6 Å². The Bertz CT molecular complexity index is 898. The molecule has 1 amide bonds. The molecule has 0 spiro atoms. The van der Waals surface area contributed by atoms with E-state index in [0.717, 1.165) is 6.42 Å². The minimum Gasteiger partial charge on any atom is -0.454 e. The molecule has 0 saturated heterocycles. The molecule has 26 heavy (non-hydrogen) atoms. The summed E-state index contributed by atoms with van der Waals surface area (Å²) in [4.78, 5) is 25.8. The molecular formula is C18H17N3O5. The van der Waals surface area contributed by atoms with Crippen molar-refractivity contribution >= 4 is 17.3 Å². The van der Waals surface area contributed by atoms with Gasteiger partial charge in [-0.15, -0.1) is 0 Å². The molecule has 0 bridgehead atoms. The highest BCUT2D eigenvalue weighted by Crippen LogP contribution is 2.43. The molecule has 0 radical (unpaired) electrons. The first-order chi connectivity index (χ1) is 12.6. The van der Waals surface area contributed by atoms with Gasteiger partial charge in [0.25, 0.3) is 11.6 Å². The van der Waals surface area contributed by atoms with E-state index in [1.165, 1.54) is 6.07 Å². The van der Waals surface area contributed by atoms with Crippen LogP contribution in [0.4, 0.5) is 11.4 Å². The molecule has 0 aromatic heterocycles. The lowest BCUT2D eigenvalue weighted by Crippen LogP contribution is -2.43. The van der Waals surface area contributed by atoms with Crippen molar-refractivity contribution in [3.63, 3.8) is 0 Å². The Morgan fingerprint density at radius 1 is 1.27 bits per heavy atom. The number of nitro groups is 1. The molecule has 2 aromatic carbocycles. The largest absolute Gasteiger partial charge is 0.454 e. The molecule has 2 aliphatic heterocycles. The number of nitro benzene ring substituents is 1. The third-order valence-electron chi connectivity index (χ3n) is 4.50. The Kier molecular flexibility index (Phi) is 3.87. The third-order valence-corrected chi connectivity index (χ3v) is 4.50. The number of hydrogen-bond donors (Lipinski definition) is 1. The molecule has 2 aromatic rings. The van der Waals surface area contributed by atoms with Crippen LogP contribution in [0.2, 0.25) is 0 Å². The standard InChI is InChI=1S/C18H17N3O5/c1-2-7-20-17(19-13-6-4-3-5-11(13)18(20)22)12-8-15-16(26-10-25-15)9-14(12)21(23)24/h3-6,8-9,17,19H,2,7,10H2,1H3/t17-/m0/s1. The zero-order chi connectivity index (χ0) is 18.3. The van der Waals surface area contributed by atoms with Gasteiger partial charge in [-0.3, -0.25) is 14.9 Å². The lowest BCUT2D eigenvalue weighted by Gasteiger charge is -2.37. The topological polar surface area (TPSA) is 93.9 Å². The first-order valence-corrected chi connectivity index (χ1v) is 8.34. The van der Waals surface area contributed by atoms with Crippen molar-refractivity contribution in [1.82, 2.24) is 4.90 Å². The van der Waals surface area contributed by atoms with E-state index in [1.54, 1.807) is 29.2 Å². The number of hydrogen-bond acceptors (Lipinski definition) is 6. The zero-order valence-corrected chi connectivity index (χ0v) is 14.1. The number of amides is 1. The number of para-hydroxylation sites is 1. The molecule has 0 aliphatic carbocycles. The molecule has 0 saturated carbocycles. The van der Waals surface area contributed by atoms with Crippen LogP contribution in [0.5, 0.6) is 11.5 Å². The van der Waals surface area contributed by atoms with Crippen molar-refractivity contribution in [2.45, 2.75) is 19.5 Å². The van der Waals surface area contributed by atoms with E-state index in [0.29, 0.717) is 34.9 Å². The highest BCUT2D eigenvalue weighted by molar-refractivity contribution is 6.01. The van der Waals surface area contributed by atoms with Crippen LogP contribution in [-0.2, 0) is 0 Å². The van der Waals surface area contributed by atoms with E-state index < -0.39 is 11.1 Å². The Balaban J connectivity index is 1.86. The third kappa shape index (κ3) is 2.50. The van der Waals surface area contributed by atoms with Gasteiger partial charge in [0.1, 0.15) is 6.17 Å². The number of carbonyl (C=O) groups excluding carboxylic acids is 1. The maximum atomic E-state index is 13.0. The van der Waals surface area contributed by atoms with Crippen molar-refractivity contribution in [3.8, 4) is 11.5 Å². The summed E-state index contributed by atoms with van der Waals surface area (Å²) in [6.07, 6.45) is 0.0667. The summed E-state index contributed by atoms with van der Waals surface area (Å²) in [5.74, 6) is 0.623. The Labute approximate surface area is 149 Å². The predicted molar refractivity (Wildman–Crippen MR) is 93.4 cm³/mol. The Hall–Kier alpha value is -3.29. The highest BCUT2D eigenvalue weighted by atomic mass is 16.7.